The van der Waals surface area contributed by atoms with E-state index >= 15 is 0 Å². The summed E-state index contributed by atoms with van der Waals surface area (Å²) in [5.41, 5.74) is 7.12. The van der Waals surface area contributed by atoms with E-state index in [1.165, 1.54) is 24.3 Å². The van der Waals surface area contributed by atoms with Gasteiger partial charge in [-0.1, -0.05) is 6.07 Å². The standard InChI is InChI=1S/C19H16N4O4S/c1-11-16(28-18(22-11)14-4-2-3-9-21-14)19(26)27-10-15(24)23-13-7-5-12(6-8-13)17(20)25/h2-9H,10H2,1H3,(H2,20,25)(H,23,24). The number of hydrogen-bond acceptors (Lipinski definition) is 7. The summed E-state index contributed by atoms with van der Waals surface area (Å²) in [4.78, 5) is 44.2. The van der Waals surface area contributed by atoms with Crippen molar-refractivity contribution in [2.45, 2.75) is 6.92 Å². The van der Waals surface area contributed by atoms with Gasteiger partial charge in [-0.25, -0.2) is 9.78 Å². The lowest BCUT2D eigenvalue weighted by Gasteiger charge is -2.06. The number of hydrogen-bond donors (Lipinski definition) is 2. The summed E-state index contributed by atoms with van der Waals surface area (Å²) in [7, 11) is 0. The van der Waals surface area contributed by atoms with Crippen LogP contribution in [-0.2, 0) is 9.53 Å². The van der Waals surface area contributed by atoms with E-state index in [0.717, 1.165) is 11.3 Å². The molecule has 1 aromatic carbocycles. The molecule has 0 aliphatic carbocycles. The van der Waals surface area contributed by atoms with Gasteiger partial charge in [-0.15, -0.1) is 11.3 Å². The minimum absolute atomic E-state index is 0.319. The molecule has 2 aromatic heterocycles. The second-order valence-corrected chi connectivity index (χ2v) is 6.71. The largest absolute Gasteiger partial charge is 0.451 e. The third-order valence-corrected chi connectivity index (χ3v) is 4.81. The van der Waals surface area contributed by atoms with Crippen LogP contribution in [0, 0.1) is 6.92 Å². The number of nitrogens with zero attached hydrogens (tertiary/aromatic N) is 2. The first-order valence-electron chi connectivity index (χ1n) is 8.19. The van der Waals surface area contributed by atoms with Crippen LogP contribution in [-0.4, -0.2) is 34.4 Å². The van der Waals surface area contributed by atoms with Crippen molar-refractivity contribution in [1.29, 1.82) is 0 Å². The minimum Gasteiger partial charge on any atom is -0.451 e. The molecule has 8 nitrogen and oxygen atoms in total. The molecule has 0 aliphatic rings. The fourth-order valence-corrected chi connectivity index (χ4v) is 3.23. The summed E-state index contributed by atoms with van der Waals surface area (Å²) in [6.45, 7) is 1.24. The molecule has 9 heteroatoms. The molecule has 2 heterocycles. The van der Waals surface area contributed by atoms with Crippen molar-refractivity contribution in [2.24, 2.45) is 5.73 Å². The van der Waals surface area contributed by atoms with Gasteiger partial charge in [0.25, 0.3) is 5.91 Å². The SMILES string of the molecule is Cc1nc(-c2ccccn2)sc1C(=O)OCC(=O)Nc1ccc(C(N)=O)cc1. The van der Waals surface area contributed by atoms with E-state index in [4.69, 9.17) is 10.5 Å². The van der Waals surface area contributed by atoms with Crippen molar-refractivity contribution in [3.8, 4) is 10.7 Å². The Morgan fingerprint density at radius 3 is 2.54 bits per heavy atom. The van der Waals surface area contributed by atoms with Gasteiger partial charge < -0.3 is 15.8 Å². The van der Waals surface area contributed by atoms with Gasteiger partial charge in [0.1, 0.15) is 9.88 Å². The van der Waals surface area contributed by atoms with Gasteiger partial charge in [-0.2, -0.15) is 0 Å². The highest BCUT2D eigenvalue weighted by Gasteiger charge is 2.19. The number of aryl methyl sites for hydroxylation is 1. The molecular weight excluding hydrogens is 380 g/mol. The number of ether oxygens (including phenoxy) is 1. The molecule has 0 spiro atoms. The Kier molecular flexibility index (Phi) is 5.75. The highest BCUT2D eigenvalue weighted by molar-refractivity contribution is 7.17. The Labute approximate surface area is 164 Å². The first kappa shape index (κ1) is 19.2. The van der Waals surface area contributed by atoms with Crippen LogP contribution in [0.25, 0.3) is 10.7 Å². The Hall–Kier alpha value is -3.59. The van der Waals surface area contributed by atoms with Crippen LogP contribution in [0.15, 0.2) is 48.7 Å². The smallest absolute Gasteiger partial charge is 0.350 e. The number of esters is 1. The predicted molar refractivity (Wildman–Crippen MR) is 104 cm³/mol. The number of primary amides is 1. The molecule has 0 saturated heterocycles. The van der Waals surface area contributed by atoms with E-state index in [0.29, 0.717) is 32.5 Å². The second-order valence-electron chi connectivity index (χ2n) is 5.71. The number of nitrogens with two attached hydrogens (primary N) is 1. The van der Waals surface area contributed by atoms with Crippen molar-refractivity contribution in [1.82, 2.24) is 9.97 Å². The van der Waals surface area contributed by atoms with Crippen molar-refractivity contribution in [3.05, 3.63) is 64.8 Å². The van der Waals surface area contributed by atoms with Gasteiger partial charge in [0.05, 0.1) is 11.4 Å². The number of aromatic nitrogens is 2. The molecule has 28 heavy (non-hydrogen) atoms. The lowest BCUT2D eigenvalue weighted by Crippen LogP contribution is -2.21. The Morgan fingerprint density at radius 2 is 1.89 bits per heavy atom. The van der Waals surface area contributed by atoms with Crippen molar-refractivity contribution in [2.75, 3.05) is 11.9 Å². The molecule has 3 aromatic rings. The maximum absolute atomic E-state index is 12.3. The van der Waals surface area contributed by atoms with Crippen LogP contribution < -0.4 is 11.1 Å². The molecular formula is C19H16N4O4S. The lowest BCUT2D eigenvalue weighted by molar-refractivity contribution is -0.119. The van der Waals surface area contributed by atoms with E-state index < -0.39 is 24.4 Å². The summed E-state index contributed by atoms with van der Waals surface area (Å²) < 4.78 is 5.08. The molecule has 0 aliphatic heterocycles. The quantitative estimate of drug-likeness (QED) is 0.617. The Balaban J connectivity index is 1.58. The molecule has 0 unspecified atom stereocenters. The third-order valence-electron chi connectivity index (χ3n) is 3.65. The van der Waals surface area contributed by atoms with Crippen molar-refractivity contribution < 1.29 is 19.1 Å². The average Bonchev–Trinajstić information content (AvgIpc) is 3.09. The topological polar surface area (TPSA) is 124 Å². The third kappa shape index (κ3) is 4.57. The Bertz CT molecular complexity index is 1020. The van der Waals surface area contributed by atoms with E-state index in [1.54, 1.807) is 25.3 Å². The minimum atomic E-state index is -0.628. The summed E-state index contributed by atoms with van der Waals surface area (Å²) in [6.07, 6.45) is 1.64. The summed E-state index contributed by atoms with van der Waals surface area (Å²) in [5.74, 6) is -1.69. The summed E-state index contributed by atoms with van der Waals surface area (Å²) >= 11 is 1.16. The zero-order chi connectivity index (χ0) is 20.1. The van der Waals surface area contributed by atoms with Gasteiger partial charge >= 0.3 is 5.97 Å². The van der Waals surface area contributed by atoms with Crippen molar-refractivity contribution >= 4 is 34.8 Å². The zero-order valence-electron chi connectivity index (χ0n) is 14.8. The number of carbonyl (C=O) groups is 3. The molecule has 0 radical (unpaired) electrons. The van der Waals surface area contributed by atoms with Crippen LogP contribution in [0.1, 0.15) is 25.7 Å². The van der Waals surface area contributed by atoms with Crippen LogP contribution >= 0.6 is 11.3 Å². The molecule has 0 saturated carbocycles. The first-order chi connectivity index (χ1) is 13.4. The lowest BCUT2D eigenvalue weighted by atomic mass is 10.2. The number of thiazole rings is 1. The number of pyridine rings is 1. The number of nitrogens with one attached hydrogen (secondary N) is 1. The van der Waals surface area contributed by atoms with Crippen LogP contribution in [0.2, 0.25) is 0 Å². The monoisotopic (exact) mass is 396 g/mol. The summed E-state index contributed by atoms with van der Waals surface area (Å²) in [6, 6.07) is 11.5. The molecule has 3 rings (SSSR count). The van der Waals surface area contributed by atoms with E-state index in [-0.39, 0.29) is 0 Å². The second kappa shape index (κ2) is 8.40. The predicted octanol–water partition coefficient (Wildman–Crippen LogP) is 2.41. The first-order valence-corrected chi connectivity index (χ1v) is 9.01. The number of amides is 2. The van der Waals surface area contributed by atoms with Crippen molar-refractivity contribution in [3.63, 3.8) is 0 Å². The van der Waals surface area contributed by atoms with Crippen LogP contribution in [0.4, 0.5) is 5.69 Å². The highest BCUT2D eigenvalue weighted by atomic mass is 32.1. The summed E-state index contributed by atoms with van der Waals surface area (Å²) in [5, 5.41) is 3.17. The molecule has 0 bridgehead atoms. The van der Waals surface area contributed by atoms with Gasteiger partial charge in [-0.05, 0) is 43.3 Å². The number of carbonyl (C=O) groups excluding carboxylic acids is 3. The van der Waals surface area contributed by atoms with Gasteiger partial charge in [0.15, 0.2) is 6.61 Å². The maximum atomic E-state index is 12.3. The van der Waals surface area contributed by atoms with E-state index in [9.17, 15) is 14.4 Å². The maximum Gasteiger partial charge on any atom is 0.350 e. The van der Waals surface area contributed by atoms with Gasteiger partial charge in [0, 0.05) is 17.4 Å². The molecule has 0 fully saturated rings. The Morgan fingerprint density at radius 1 is 1.14 bits per heavy atom. The van der Waals surface area contributed by atoms with Gasteiger partial charge in [-0.3, -0.25) is 14.6 Å². The normalized spacial score (nSPS) is 10.3. The molecule has 3 N–H and O–H groups in total. The molecule has 142 valence electrons. The highest BCUT2D eigenvalue weighted by Crippen LogP contribution is 2.26. The number of benzene rings is 1. The number of anilines is 1. The fourth-order valence-electron chi connectivity index (χ4n) is 2.30. The van der Waals surface area contributed by atoms with E-state index in [2.05, 4.69) is 15.3 Å². The molecule has 2 amide bonds. The van der Waals surface area contributed by atoms with E-state index in [1.807, 2.05) is 6.07 Å². The number of rotatable bonds is 6. The van der Waals surface area contributed by atoms with Crippen LogP contribution in [0.3, 0.4) is 0 Å². The fraction of sp³-hybridized carbons (Fsp3) is 0.105. The average molecular weight is 396 g/mol. The zero-order valence-corrected chi connectivity index (χ0v) is 15.7. The molecule has 0 atom stereocenters. The van der Waals surface area contributed by atoms with Crippen LogP contribution in [0.5, 0.6) is 0 Å². The van der Waals surface area contributed by atoms with Gasteiger partial charge in [0.2, 0.25) is 5.91 Å².